The van der Waals surface area contributed by atoms with Gasteiger partial charge in [-0.15, -0.1) is 0 Å². The zero-order valence-electron chi connectivity index (χ0n) is 19.1. The Labute approximate surface area is 199 Å². The number of hydrogen-bond donors (Lipinski definition) is 1. The van der Waals surface area contributed by atoms with Crippen molar-refractivity contribution in [2.24, 2.45) is 0 Å². The van der Waals surface area contributed by atoms with Crippen molar-refractivity contribution in [1.29, 1.82) is 0 Å². The number of benzene rings is 3. The van der Waals surface area contributed by atoms with E-state index >= 15 is 0 Å². The Bertz CT molecular complexity index is 1230. The number of fused-ring (bicyclic) bond motifs is 1. The molecule has 2 aliphatic rings. The smallest absolute Gasteiger partial charge is 0.261 e. The predicted molar refractivity (Wildman–Crippen MR) is 129 cm³/mol. The van der Waals surface area contributed by atoms with Crippen molar-refractivity contribution < 1.29 is 14.4 Å². The van der Waals surface area contributed by atoms with Gasteiger partial charge in [0.1, 0.15) is 0 Å². The zero-order chi connectivity index (χ0) is 23.7. The van der Waals surface area contributed by atoms with E-state index in [9.17, 15) is 14.4 Å². The maximum absolute atomic E-state index is 13.0. The first kappa shape index (κ1) is 22.0. The molecule has 1 saturated heterocycles. The molecule has 0 bridgehead atoms. The van der Waals surface area contributed by atoms with Gasteiger partial charge >= 0.3 is 0 Å². The Hall–Kier alpha value is -3.77. The Morgan fingerprint density at radius 2 is 1.62 bits per heavy atom. The van der Waals surface area contributed by atoms with Gasteiger partial charge in [-0.1, -0.05) is 60.7 Å². The van der Waals surface area contributed by atoms with Gasteiger partial charge in [-0.2, -0.15) is 0 Å². The molecule has 0 aliphatic carbocycles. The first-order valence-corrected chi connectivity index (χ1v) is 11.7. The van der Waals surface area contributed by atoms with Crippen molar-refractivity contribution in [3.8, 4) is 0 Å². The molecule has 0 spiro atoms. The lowest BCUT2D eigenvalue weighted by Crippen LogP contribution is -2.37. The maximum Gasteiger partial charge on any atom is 0.261 e. The van der Waals surface area contributed by atoms with Crippen LogP contribution in [-0.2, 0) is 6.54 Å². The summed E-state index contributed by atoms with van der Waals surface area (Å²) in [5.74, 6) is -0.900. The monoisotopic (exact) mass is 453 g/mol. The van der Waals surface area contributed by atoms with E-state index in [1.807, 2.05) is 48.5 Å². The second-order valence-corrected chi connectivity index (χ2v) is 8.98. The summed E-state index contributed by atoms with van der Waals surface area (Å²) in [5, 5.41) is 3.11. The molecule has 2 unspecified atom stereocenters. The standard InChI is InChI=1S/C28H27N3O3/c1-19(21-10-6-3-7-11-21)30-15-14-23(18-30)29-26(32)22-12-13-24-25(16-22)28(34)31(27(24)33)17-20-8-4-2-5-9-20/h2-13,16,19,23H,14-15,17-18H2,1H3,(H,29,32). The minimum Gasteiger partial charge on any atom is -0.348 e. The molecule has 3 aromatic rings. The van der Waals surface area contributed by atoms with Crippen LogP contribution in [0.25, 0.3) is 0 Å². The third kappa shape index (κ3) is 4.24. The maximum atomic E-state index is 13.0. The van der Waals surface area contributed by atoms with Crippen LogP contribution in [0, 0.1) is 0 Å². The van der Waals surface area contributed by atoms with E-state index < -0.39 is 0 Å². The van der Waals surface area contributed by atoms with Crippen molar-refractivity contribution in [3.63, 3.8) is 0 Å². The van der Waals surface area contributed by atoms with E-state index in [2.05, 4.69) is 29.3 Å². The highest BCUT2D eigenvalue weighted by Crippen LogP contribution is 2.27. The highest BCUT2D eigenvalue weighted by Gasteiger charge is 2.36. The van der Waals surface area contributed by atoms with Gasteiger partial charge in [-0.05, 0) is 42.7 Å². The minimum absolute atomic E-state index is 0.0406. The fourth-order valence-electron chi connectivity index (χ4n) is 4.81. The van der Waals surface area contributed by atoms with Gasteiger partial charge in [0.25, 0.3) is 17.7 Å². The number of carbonyl (C=O) groups excluding carboxylic acids is 3. The average Bonchev–Trinajstić information content (AvgIpc) is 3.43. The molecule has 5 rings (SSSR count). The third-order valence-corrected chi connectivity index (χ3v) is 6.80. The summed E-state index contributed by atoms with van der Waals surface area (Å²) >= 11 is 0. The zero-order valence-corrected chi connectivity index (χ0v) is 19.1. The molecular formula is C28H27N3O3. The molecule has 2 heterocycles. The van der Waals surface area contributed by atoms with E-state index in [0.717, 1.165) is 25.1 Å². The number of nitrogens with one attached hydrogen (secondary N) is 1. The van der Waals surface area contributed by atoms with Crippen LogP contribution < -0.4 is 5.32 Å². The Morgan fingerprint density at radius 3 is 2.35 bits per heavy atom. The molecule has 34 heavy (non-hydrogen) atoms. The molecule has 2 atom stereocenters. The van der Waals surface area contributed by atoms with Gasteiger partial charge in [0.05, 0.1) is 17.7 Å². The Morgan fingerprint density at radius 1 is 0.941 bits per heavy atom. The Kier molecular flexibility index (Phi) is 5.99. The Balaban J connectivity index is 1.24. The van der Waals surface area contributed by atoms with Crippen LogP contribution in [0.2, 0.25) is 0 Å². The summed E-state index contributed by atoms with van der Waals surface area (Å²) < 4.78 is 0. The molecule has 6 nitrogen and oxygen atoms in total. The summed E-state index contributed by atoms with van der Waals surface area (Å²) in [6.45, 7) is 4.08. The number of hydrogen-bond acceptors (Lipinski definition) is 4. The number of likely N-dealkylation sites (tertiary alicyclic amines) is 1. The van der Waals surface area contributed by atoms with Crippen LogP contribution in [0.5, 0.6) is 0 Å². The van der Waals surface area contributed by atoms with E-state index in [1.165, 1.54) is 10.5 Å². The van der Waals surface area contributed by atoms with Crippen molar-refractivity contribution >= 4 is 17.7 Å². The molecule has 0 saturated carbocycles. The number of imide groups is 1. The van der Waals surface area contributed by atoms with Gasteiger partial charge in [0.15, 0.2) is 0 Å². The summed E-state index contributed by atoms with van der Waals surface area (Å²) in [4.78, 5) is 42.3. The molecule has 3 aromatic carbocycles. The summed E-state index contributed by atoms with van der Waals surface area (Å²) in [6, 6.07) is 24.8. The largest absolute Gasteiger partial charge is 0.348 e. The van der Waals surface area contributed by atoms with Crippen molar-refractivity contribution in [3.05, 3.63) is 107 Å². The van der Waals surface area contributed by atoms with E-state index in [0.29, 0.717) is 16.7 Å². The van der Waals surface area contributed by atoms with Gasteiger partial charge in [0.2, 0.25) is 0 Å². The second kappa shape index (κ2) is 9.23. The molecule has 1 fully saturated rings. The normalized spacial score (nSPS) is 18.7. The number of nitrogens with zero attached hydrogens (tertiary/aromatic N) is 2. The molecule has 0 radical (unpaired) electrons. The summed E-state index contributed by atoms with van der Waals surface area (Å²) in [6.07, 6.45) is 0.871. The number of rotatable bonds is 6. The van der Waals surface area contributed by atoms with Crippen LogP contribution in [-0.4, -0.2) is 46.7 Å². The van der Waals surface area contributed by atoms with Crippen LogP contribution in [0.15, 0.2) is 78.9 Å². The molecule has 1 N–H and O–H groups in total. The molecule has 3 amide bonds. The van der Waals surface area contributed by atoms with Crippen LogP contribution in [0.3, 0.4) is 0 Å². The first-order valence-electron chi connectivity index (χ1n) is 11.7. The van der Waals surface area contributed by atoms with Crippen molar-refractivity contribution in [2.75, 3.05) is 13.1 Å². The fourth-order valence-corrected chi connectivity index (χ4v) is 4.81. The average molecular weight is 454 g/mol. The molecular weight excluding hydrogens is 426 g/mol. The first-order chi connectivity index (χ1) is 16.5. The highest BCUT2D eigenvalue weighted by molar-refractivity contribution is 6.22. The van der Waals surface area contributed by atoms with E-state index in [4.69, 9.17) is 0 Å². The van der Waals surface area contributed by atoms with Crippen molar-refractivity contribution in [1.82, 2.24) is 15.1 Å². The van der Waals surface area contributed by atoms with Gasteiger partial charge in [-0.25, -0.2) is 0 Å². The minimum atomic E-state index is -0.359. The quantitative estimate of drug-likeness (QED) is 0.572. The van der Waals surface area contributed by atoms with Gasteiger partial charge in [0, 0.05) is 30.7 Å². The topological polar surface area (TPSA) is 69.7 Å². The molecule has 172 valence electrons. The van der Waals surface area contributed by atoms with Gasteiger partial charge < -0.3 is 5.32 Å². The number of carbonyl (C=O) groups is 3. The van der Waals surface area contributed by atoms with Crippen LogP contribution in [0.1, 0.15) is 61.6 Å². The van der Waals surface area contributed by atoms with E-state index in [1.54, 1.807) is 18.2 Å². The summed E-state index contributed by atoms with van der Waals surface area (Å²) in [7, 11) is 0. The SMILES string of the molecule is CC(c1ccccc1)N1CCC(NC(=O)c2ccc3c(c2)C(=O)N(Cc2ccccc2)C3=O)C1. The van der Waals surface area contributed by atoms with Crippen LogP contribution >= 0.6 is 0 Å². The lowest BCUT2D eigenvalue weighted by molar-refractivity contribution is 0.0642. The lowest BCUT2D eigenvalue weighted by Gasteiger charge is -2.24. The predicted octanol–water partition coefficient (Wildman–Crippen LogP) is 4.05. The van der Waals surface area contributed by atoms with E-state index in [-0.39, 0.29) is 36.3 Å². The van der Waals surface area contributed by atoms with Crippen LogP contribution in [0.4, 0.5) is 0 Å². The third-order valence-electron chi connectivity index (χ3n) is 6.80. The van der Waals surface area contributed by atoms with Crippen molar-refractivity contribution in [2.45, 2.75) is 32.0 Å². The second-order valence-electron chi connectivity index (χ2n) is 8.98. The number of amides is 3. The molecule has 2 aliphatic heterocycles. The molecule has 0 aromatic heterocycles. The fraction of sp³-hybridized carbons (Fsp3) is 0.250. The highest BCUT2D eigenvalue weighted by atomic mass is 16.2. The summed E-state index contributed by atoms with van der Waals surface area (Å²) in [5.41, 5.74) is 3.18. The molecule has 6 heteroatoms. The van der Waals surface area contributed by atoms with Gasteiger partial charge in [-0.3, -0.25) is 24.2 Å². The lowest BCUT2D eigenvalue weighted by atomic mass is 10.0.